The van der Waals surface area contributed by atoms with Crippen molar-refractivity contribution in [3.8, 4) is 5.75 Å². The van der Waals surface area contributed by atoms with Gasteiger partial charge in [-0.25, -0.2) is 0 Å². The Bertz CT molecular complexity index is 378. The lowest BCUT2D eigenvalue weighted by Crippen LogP contribution is -2.39. The van der Waals surface area contributed by atoms with E-state index in [1.54, 1.807) is 31.4 Å². The number of methoxy groups -OCH3 is 1. The first kappa shape index (κ1) is 15.0. The summed E-state index contributed by atoms with van der Waals surface area (Å²) >= 11 is 3.34. The fourth-order valence-corrected chi connectivity index (χ4v) is 2.19. The van der Waals surface area contributed by atoms with Gasteiger partial charge in [-0.05, 0) is 12.5 Å². The van der Waals surface area contributed by atoms with Gasteiger partial charge < -0.3 is 15.2 Å². The van der Waals surface area contributed by atoms with Crippen molar-refractivity contribution in [1.82, 2.24) is 5.32 Å². The van der Waals surface area contributed by atoms with Gasteiger partial charge in [0.05, 0.1) is 19.1 Å². The first-order chi connectivity index (χ1) is 8.67. The molecule has 0 radical (unpaired) electrons. The van der Waals surface area contributed by atoms with E-state index >= 15 is 0 Å². The molecular formula is C13H18BrNO3. The topological polar surface area (TPSA) is 58.6 Å². The number of hydrogen-bond donors (Lipinski definition) is 2. The van der Waals surface area contributed by atoms with E-state index in [9.17, 15) is 9.90 Å². The van der Waals surface area contributed by atoms with Gasteiger partial charge in [-0.15, -0.1) is 0 Å². The van der Waals surface area contributed by atoms with E-state index in [0.29, 0.717) is 12.2 Å². The maximum Gasteiger partial charge on any atom is 0.224 e. The van der Waals surface area contributed by atoms with E-state index in [1.807, 2.05) is 0 Å². The minimum Gasteiger partial charge on any atom is -0.508 e. The van der Waals surface area contributed by atoms with Crippen LogP contribution in [0.1, 0.15) is 12.0 Å². The van der Waals surface area contributed by atoms with Crippen LogP contribution in [-0.2, 0) is 16.0 Å². The van der Waals surface area contributed by atoms with Crippen molar-refractivity contribution in [2.24, 2.45) is 0 Å². The summed E-state index contributed by atoms with van der Waals surface area (Å²) in [6.45, 7) is 0.484. The maximum absolute atomic E-state index is 11.8. The van der Waals surface area contributed by atoms with Crippen molar-refractivity contribution in [3.05, 3.63) is 29.8 Å². The Morgan fingerprint density at radius 3 is 2.83 bits per heavy atom. The van der Waals surface area contributed by atoms with E-state index in [-0.39, 0.29) is 24.1 Å². The molecule has 0 aliphatic rings. The number of rotatable bonds is 7. The van der Waals surface area contributed by atoms with E-state index < -0.39 is 0 Å². The van der Waals surface area contributed by atoms with Crippen LogP contribution in [-0.4, -0.2) is 36.1 Å². The number of phenols is 1. The molecule has 18 heavy (non-hydrogen) atoms. The predicted octanol–water partition coefficient (Wildman–Crippen LogP) is 1.85. The molecular weight excluding hydrogens is 298 g/mol. The Hall–Kier alpha value is -1.07. The average Bonchev–Trinajstić information content (AvgIpc) is 2.33. The maximum atomic E-state index is 11.8. The van der Waals surface area contributed by atoms with Gasteiger partial charge in [0.15, 0.2) is 0 Å². The molecule has 1 amide bonds. The van der Waals surface area contributed by atoms with Crippen molar-refractivity contribution in [2.75, 3.05) is 19.0 Å². The van der Waals surface area contributed by atoms with Gasteiger partial charge in [-0.1, -0.05) is 34.1 Å². The normalized spacial score (nSPS) is 12.1. The molecule has 0 aliphatic carbocycles. The number of carbonyl (C=O) groups is 1. The Morgan fingerprint density at radius 2 is 2.22 bits per heavy atom. The van der Waals surface area contributed by atoms with Gasteiger partial charge >= 0.3 is 0 Å². The summed E-state index contributed by atoms with van der Waals surface area (Å²) in [6.07, 6.45) is 0.982. The summed E-state index contributed by atoms with van der Waals surface area (Å²) in [5.74, 6) is 0.0379. The average molecular weight is 316 g/mol. The standard InChI is InChI=1S/C13H18BrNO3/c1-18-9-11(6-7-14)15-13(17)8-10-4-2-3-5-12(10)16/h2-5,11,16H,6-9H2,1H3,(H,15,17). The van der Waals surface area contributed by atoms with Crippen LogP contribution in [0.15, 0.2) is 24.3 Å². The molecule has 100 valence electrons. The molecule has 1 unspecified atom stereocenters. The zero-order chi connectivity index (χ0) is 13.4. The number of hydrogen-bond acceptors (Lipinski definition) is 3. The second-order valence-electron chi connectivity index (χ2n) is 4.00. The number of carbonyl (C=O) groups excluding carboxylic acids is 1. The highest BCUT2D eigenvalue weighted by atomic mass is 79.9. The van der Waals surface area contributed by atoms with Crippen LogP contribution in [0.3, 0.4) is 0 Å². The number of benzene rings is 1. The smallest absolute Gasteiger partial charge is 0.224 e. The highest BCUT2D eigenvalue weighted by molar-refractivity contribution is 9.09. The van der Waals surface area contributed by atoms with Crippen LogP contribution in [0.5, 0.6) is 5.75 Å². The van der Waals surface area contributed by atoms with Gasteiger partial charge in [0.25, 0.3) is 0 Å². The largest absolute Gasteiger partial charge is 0.508 e. The van der Waals surface area contributed by atoms with Gasteiger partial charge in [-0.3, -0.25) is 4.79 Å². The molecule has 0 aliphatic heterocycles. The van der Waals surface area contributed by atoms with Crippen LogP contribution in [0, 0.1) is 0 Å². The van der Waals surface area contributed by atoms with E-state index in [1.165, 1.54) is 0 Å². The van der Waals surface area contributed by atoms with Crippen LogP contribution in [0.2, 0.25) is 0 Å². The van der Waals surface area contributed by atoms with Crippen molar-refractivity contribution in [3.63, 3.8) is 0 Å². The highest BCUT2D eigenvalue weighted by Gasteiger charge is 2.13. The molecule has 0 heterocycles. The molecule has 1 aromatic rings. The lowest BCUT2D eigenvalue weighted by Gasteiger charge is -2.17. The van der Waals surface area contributed by atoms with Crippen LogP contribution in [0.25, 0.3) is 0 Å². The predicted molar refractivity (Wildman–Crippen MR) is 74.0 cm³/mol. The summed E-state index contributed by atoms with van der Waals surface area (Å²) < 4.78 is 5.05. The fourth-order valence-electron chi connectivity index (χ4n) is 1.64. The Balaban J connectivity index is 2.52. The Kier molecular flexibility index (Phi) is 6.75. The lowest BCUT2D eigenvalue weighted by molar-refractivity contribution is -0.121. The number of amides is 1. The monoisotopic (exact) mass is 315 g/mol. The fraction of sp³-hybridized carbons (Fsp3) is 0.462. The molecule has 0 spiro atoms. The Labute approximate surface area is 115 Å². The van der Waals surface area contributed by atoms with Gasteiger partial charge in [0, 0.05) is 18.0 Å². The summed E-state index contributed by atoms with van der Waals surface area (Å²) in [4.78, 5) is 11.8. The number of para-hydroxylation sites is 1. The molecule has 0 fully saturated rings. The third-order valence-electron chi connectivity index (χ3n) is 2.53. The summed E-state index contributed by atoms with van der Waals surface area (Å²) in [7, 11) is 1.61. The number of nitrogens with one attached hydrogen (secondary N) is 1. The second kappa shape index (κ2) is 8.11. The molecule has 0 aromatic heterocycles. The zero-order valence-corrected chi connectivity index (χ0v) is 11.9. The summed E-state index contributed by atoms with van der Waals surface area (Å²) in [5, 5.41) is 13.3. The first-order valence-corrected chi connectivity index (χ1v) is 6.90. The van der Waals surface area contributed by atoms with Gasteiger partial charge in [-0.2, -0.15) is 0 Å². The third-order valence-corrected chi connectivity index (χ3v) is 2.99. The molecule has 0 saturated carbocycles. The Morgan fingerprint density at radius 1 is 1.50 bits per heavy atom. The van der Waals surface area contributed by atoms with Crippen molar-refractivity contribution < 1.29 is 14.6 Å². The summed E-state index contributed by atoms with van der Waals surface area (Å²) in [5.41, 5.74) is 0.630. The quantitative estimate of drug-likeness (QED) is 0.755. The SMILES string of the molecule is COCC(CCBr)NC(=O)Cc1ccccc1O. The van der Waals surface area contributed by atoms with Crippen LogP contribution >= 0.6 is 15.9 Å². The molecule has 2 N–H and O–H groups in total. The molecule has 0 bridgehead atoms. The van der Waals surface area contributed by atoms with Crippen LogP contribution < -0.4 is 5.32 Å². The zero-order valence-electron chi connectivity index (χ0n) is 10.4. The molecule has 4 nitrogen and oxygen atoms in total. The van der Waals surface area contributed by atoms with E-state index in [4.69, 9.17) is 4.74 Å². The van der Waals surface area contributed by atoms with E-state index in [2.05, 4.69) is 21.2 Å². The second-order valence-corrected chi connectivity index (χ2v) is 4.80. The minimum absolute atomic E-state index is 0.00673. The highest BCUT2D eigenvalue weighted by Crippen LogP contribution is 2.15. The molecule has 1 atom stereocenters. The number of ether oxygens (including phenoxy) is 1. The van der Waals surface area contributed by atoms with Crippen LogP contribution in [0.4, 0.5) is 0 Å². The van der Waals surface area contributed by atoms with Gasteiger partial charge in [0.1, 0.15) is 5.75 Å². The molecule has 5 heteroatoms. The first-order valence-electron chi connectivity index (χ1n) is 5.78. The van der Waals surface area contributed by atoms with Crippen molar-refractivity contribution in [2.45, 2.75) is 18.9 Å². The third kappa shape index (κ3) is 5.06. The number of phenolic OH excluding ortho intramolecular Hbond substituents is 1. The van der Waals surface area contributed by atoms with E-state index in [0.717, 1.165) is 11.8 Å². The van der Waals surface area contributed by atoms with Crippen molar-refractivity contribution >= 4 is 21.8 Å². The minimum atomic E-state index is -0.112. The van der Waals surface area contributed by atoms with Gasteiger partial charge in [0.2, 0.25) is 5.91 Å². The number of aromatic hydroxyl groups is 1. The molecule has 0 saturated heterocycles. The van der Waals surface area contributed by atoms with Crippen molar-refractivity contribution in [1.29, 1.82) is 0 Å². The number of halogens is 1. The summed E-state index contributed by atoms with van der Waals surface area (Å²) in [6, 6.07) is 6.84. The molecule has 1 aromatic carbocycles. The lowest BCUT2D eigenvalue weighted by atomic mass is 10.1. The number of alkyl halides is 1. The molecule has 1 rings (SSSR count).